The molecule has 136 valence electrons. The van der Waals surface area contributed by atoms with E-state index >= 15 is 0 Å². The molecule has 2 amide bonds. The Labute approximate surface area is 156 Å². The maximum Gasteiger partial charge on any atom is 0.340 e. The van der Waals surface area contributed by atoms with Gasteiger partial charge in [-0.2, -0.15) is 0 Å². The van der Waals surface area contributed by atoms with Crippen molar-refractivity contribution >= 4 is 35.1 Å². The molecule has 2 aromatic rings. The molecule has 0 atom stereocenters. The Morgan fingerprint density at radius 2 is 1.69 bits per heavy atom. The molecule has 6 nitrogen and oxygen atoms in total. The van der Waals surface area contributed by atoms with Crippen LogP contribution in [0.1, 0.15) is 22.8 Å². The lowest BCUT2D eigenvalue weighted by Gasteiger charge is -2.10. The van der Waals surface area contributed by atoms with Crippen LogP contribution in [0.4, 0.5) is 5.69 Å². The van der Waals surface area contributed by atoms with Gasteiger partial charge in [0, 0.05) is 11.6 Å². The first-order valence-electron chi connectivity index (χ1n) is 8.11. The summed E-state index contributed by atoms with van der Waals surface area (Å²) in [5, 5.41) is 5.61. The van der Waals surface area contributed by atoms with Crippen LogP contribution in [0.3, 0.4) is 0 Å². The van der Waals surface area contributed by atoms with Crippen molar-refractivity contribution in [3.8, 4) is 0 Å². The summed E-state index contributed by atoms with van der Waals surface area (Å²) in [5.41, 5.74) is 1.41. The number of amides is 2. The number of hydrogen-bond donors (Lipinski definition) is 2. The molecule has 7 heteroatoms. The Balaban J connectivity index is 1.90. The van der Waals surface area contributed by atoms with E-state index in [0.29, 0.717) is 18.0 Å². The van der Waals surface area contributed by atoms with E-state index in [1.54, 1.807) is 31.2 Å². The minimum Gasteiger partial charge on any atom is -0.462 e. The topological polar surface area (TPSA) is 84.5 Å². The van der Waals surface area contributed by atoms with Gasteiger partial charge in [-0.25, -0.2) is 4.79 Å². The molecule has 2 N–H and O–H groups in total. The molecular weight excluding hydrogens is 356 g/mol. The fourth-order valence-electron chi connectivity index (χ4n) is 2.21. The monoisotopic (exact) mass is 374 g/mol. The van der Waals surface area contributed by atoms with Gasteiger partial charge in [0.25, 0.3) is 0 Å². The van der Waals surface area contributed by atoms with E-state index in [1.807, 2.05) is 12.1 Å². The van der Waals surface area contributed by atoms with Crippen LogP contribution in [0, 0.1) is 0 Å². The lowest BCUT2D eigenvalue weighted by molar-refractivity contribution is -0.136. The lowest BCUT2D eigenvalue weighted by Crippen LogP contribution is -2.36. The zero-order chi connectivity index (χ0) is 18.9. The number of anilines is 1. The Kier molecular flexibility index (Phi) is 7.17. The van der Waals surface area contributed by atoms with Crippen LogP contribution in [0.15, 0.2) is 48.5 Å². The van der Waals surface area contributed by atoms with Crippen LogP contribution >= 0.6 is 11.6 Å². The maximum atomic E-state index is 12.0. The van der Waals surface area contributed by atoms with Crippen molar-refractivity contribution in [2.24, 2.45) is 0 Å². The fourth-order valence-corrected chi connectivity index (χ4v) is 2.34. The normalized spacial score (nSPS) is 10.1. The van der Waals surface area contributed by atoms with Gasteiger partial charge in [-0.15, -0.1) is 0 Å². The molecule has 0 aliphatic heterocycles. The molecule has 26 heavy (non-hydrogen) atoms. The van der Waals surface area contributed by atoms with E-state index in [9.17, 15) is 14.4 Å². The second-order valence-corrected chi connectivity index (χ2v) is 5.79. The molecule has 2 rings (SSSR count). The van der Waals surface area contributed by atoms with Crippen molar-refractivity contribution in [1.29, 1.82) is 0 Å². The molecule has 0 radical (unpaired) electrons. The van der Waals surface area contributed by atoms with Crippen LogP contribution < -0.4 is 10.6 Å². The molecular formula is C19H19ClN2O4. The average molecular weight is 375 g/mol. The molecule has 0 saturated carbocycles. The second kappa shape index (κ2) is 9.58. The van der Waals surface area contributed by atoms with Crippen LogP contribution in [0.2, 0.25) is 5.02 Å². The Hall–Kier alpha value is -2.86. The number of benzene rings is 2. The summed E-state index contributed by atoms with van der Waals surface area (Å²) in [7, 11) is 0. The number of halogens is 1. The predicted octanol–water partition coefficient (Wildman–Crippen LogP) is 2.81. The highest BCUT2D eigenvalue weighted by Crippen LogP contribution is 2.16. The van der Waals surface area contributed by atoms with Gasteiger partial charge in [0.15, 0.2) is 0 Å². The van der Waals surface area contributed by atoms with Gasteiger partial charge < -0.3 is 15.4 Å². The van der Waals surface area contributed by atoms with E-state index < -0.39 is 17.8 Å². The number of carbonyl (C=O) groups is 3. The first-order chi connectivity index (χ1) is 12.5. The standard InChI is InChI=1S/C19H19ClN2O4/c1-2-26-19(25)15-5-3-4-6-16(15)22-18(24)17(23)21-12-11-13-7-9-14(20)10-8-13/h3-10H,2,11-12H2,1H3,(H,21,23)(H,22,24). The minimum atomic E-state index is -0.849. The fraction of sp³-hybridized carbons (Fsp3) is 0.211. The van der Waals surface area contributed by atoms with E-state index in [2.05, 4.69) is 10.6 Å². The molecule has 2 aromatic carbocycles. The average Bonchev–Trinajstić information content (AvgIpc) is 2.64. The smallest absolute Gasteiger partial charge is 0.340 e. The number of rotatable bonds is 6. The van der Waals surface area contributed by atoms with Crippen molar-refractivity contribution in [1.82, 2.24) is 5.32 Å². The number of hydrogen-bond acceptors (Lipinski definition) is 4. The van der Waals surface area contributed by atoms with Gasteiger partial charge in [-0.05, 0) is 43.2 Å². The number of para-hydroxylation sites is 1. The zero-order valence-corrected chi connectivity index (χ0v) is 15.0. The highest BCUT2D eigenvalue weighted by atomic mass is 35.5. The largest absolute Gasteiger partial charge is 0.462 e. The molecule has 0 heterocycles. The highest BCUT2D eigenvalue weighted by Gasteiger charge is 2.18. The first kappa shape index (κ1) is 19.5. The van der Waals surface area contributed by atoms with E-state index in [1.165, 1.54) is 12.1 Å². The Morgan fingerprint density at radius 1 is 1.00 bits per heavy atom. The van der Waals surface area contributed by atoms with Crippen LogP contribution in [-0.4, -0.2) is 30.9 Å². The Bertz CT molecular complexity index is 790. The van der Waals surface area contributed by atoms with Crippen molar-refractivity contribution in [3.63, 3.8) is 0 Å². The Morgan fingerprint density at radius 3 is 2.38 bits per heavy atom. The zero-order valence-electron chi connectivity index (χ0n) is 14.3. The molecule has 0 spiro atoms. The van der Waals surface area contributed by atoms with Crippen molar-refractivity contribution < 1.29 is 19.1 Å². The summed E-state index contributed by atoms with van der Waals surface area (Å²) in [5.74, 6) is -2.19. The van der Waals surface area contributed by atoms with Crippen LogP contribution in [0.5, 0.6) is 0 Å². The molecule has 0 aromatic heterocycles. The molecule has 0 unspecified atom stereocenters. The second-order valence-electron chi connectivity index (χ2n) is 5.35. The summed E-state index contributed by atoms with van der Waals surface area (Å²) in [6.07, 6.45) is 0.565. The molecule has 0 aliphatic rings. The number of ether oxygens (including phenoxy) is 1. The van der Waals surface area contributed by atoms with Gasteiger partial charge >= 0.3 is 17.8 Å². The molecule has 0 saturated heterocycles. The van der Waals surface area contributed by atoms with E-state index in [-0.39, 0.29) is 17.9 Å². The van der Waals surface area contributed by atoms with Gasteiger partial charge in [0.05, 0.1) is 17.9 Å². The van der Waals surface area contributed by atoms with Crippen LogP contribution in [-0.2, 0) is 20.7 Å². The molecule has 0 aliphatic carbocycles. The maximum absolute atomic E-state index is 12.0. The van der Waals surface area contributed by atoms with Gasteiger partial charge in [0.1, 0.15) is 0 Å². The van der Waals surface area contributed by atoms with E-state index in [0.717, 1.165) is 5.56 Å². The summed E-state index contributed by atoms with van der Waals surface area (Å²) in [6.45, 7) is 2.20. The van der Waals surface area contributed by atoms with Crippen molar-refractivity contribution in [2.75, 3.05) is 18.5 Å². The van der Waals surface area contributed by atoms with E-state index in [4.69, 9.17) is 16.3 Å². The summed E-state index contributed by atoms with van der Waals surface area (Å²) < 4.78 is 4.93. The quantitative estimate of drug-likeness (QED) is 0.601. The van der Waals surface area contributed by atoms with Crippen LogP contribution in [0.25, 0.3) is 0 Å². The number of nitrogens with one attached hydrogen (secondary N) is 2. The molecule has 0 fully saturated rings. The van der Waals surface area contributed by atoms with Gasteiger partial charge in [0.2, 0.25) is 0 Å². The van der Waals surface area contributed by atoms with Crippen molar-refractivity contribution in [3.05, 3.63) is 64.7 Å². The minimum absolute atomic E-state index is 0.191. The number of carbonyl (C=O) groups excluding carboxylic acids is 3. The summed E-state index contributed by atoms with van der Waals surface area (Å²) >= 11 is 5.81. The summed E-state index contributed by atoms with van der Waals surface area (Å²) in [6, 6.07) is 13.6. The molecule has 0 bridgehead atoms. The highest BCUT2D eigenvalue weighted by molar-refractivity contribution is 6.40. The van der Waals surface area contributed by atoms with Gasteiger partial charge in [-0.1, -0.05) is 35.9 Å². The van der Waals surface area contributed by atoms with Crippen molar-refractivity contribution in [2.45, 2.75) is 13.3 Å². The third-order valence-electron chi connectivity index (χ3n) is 3.49. The SMILES string of the molecule is CCOC(=O)c1ccccc1NC(=O)C(=O)NCCc1ccc(Cl)cc1. The number of esters is 1. The summed E-state index contributed by atoms with van der Waals surface area (Å²) in [4.78, 5) is 35.9. The third-order valence-corrected chi connectivity index (χ3v) is 3.74. The van der Waals surface area contributed by atoms with Gasteiger partial charge in [-0.3, -0.25) is 9.59 Å². The lowest BCUT2D eigenvalue weighted by atomic mass is 10.1. The first-order valence-corrected chi connectivity index (χ1v) is 8.49. The third kappa shape index (κ3) is 5.60. The predicted molar refractivity (Wildman–Crippen MR) is 99.2 cm³/mol.